The van der Waals surface area contributed by atoms with Crippen LogP contribution < -0.4 is 0 Å². The molecule has 0 aliphatic rings. The van der Waals surface area contributed by atoms with Gasteiger partial charge in [0.25, 0.3) is 0 Å². The average molecular weight is 280 g/mol. The van der Waals surface area contributed by atoms with Crippen molar-refractivity contribution in [3.63, 3.8) is 0 Å². The van der Waals surface area contributed by atoms with E-state index in [1.807, 2.05) is 19.9 Å². The molecular formula is C16H15F3O. The summed E-state index contributed by atoms with van der Waals surface area (Å²) < 4.78 is 39.4. The van der Waals surface area contributed by atoms with Gasteiger partial charge in [-0.3, -0.25) is 0 Å². The number of rotatable bonds is 2. The average Bonchev–Trinajstić information content (AvgIpc) is 2.38. The first kappa shape index (κ1) is 14.6. The molecule has 0 aliphatic heterocycles. The predicted molar refractivity (Wildman–Crippen MR) is 71.0 cm³/mol. The molecule has 0 saturated heterocycles. The van der Waals surface area contributed by atoms with Gasteiger partial charge in [-0.25, -0.2) is 13.2 Å². The maximum absolute atomic E-state index is 13.2. The lowest BCUT2D eigenvalue weighted by Crippen LogP contribution is -2.06. The summed E-state index contributed by atoms with van der Waals surface area (Å²) in [5.74, 6) is -4.14. The molecule has 106 valence electrons. The second kappa shape index (κ2) is 5.29. The van der Waals surface area contributed by atoms with Gasteiger partial charge in [0.05, 0.1) is 0 Å². The number of aliphatic hydroxyl groups excluding tert-OH is 1. The Labute approximate surface area is 115 Å². The summed E-state index contributed by atoms with van der Waals surface area (Å²) in [6.07, 6.45) is -1.20. The van der Waals surface area contributed by atoms with E-state index in [0.29, 0.717) is 5.56 Å². The summed E-state index contributed by atoms with van der Waals surface area (Å²) in [6.45, 7) is 5.63. The highest BCUT2D eigenvalue weighted by Gasteiger charge is 2.18. The Hall–Kier alpha value is -1.81. The van der Waals surface area contributed by atoms with Crippen LogP contribution in [0.3, 0.4) is 0 Å². The SMILES string of the molecule is Cc1cc(C)c(C(O)c2cc(F)c(F)c(F)c2)cc1C. The number of halogens is 3. The predicted octanol–water partition coefficient (Wildman–Crippen LogP) is 4.11. The molecule has 2 rings (SSSR count). The summed E-state index contributed by atoms with van der Waals surface area (Å²) in [5, 5.41) is 10.3. The Balaban J connectivity index is 2.51. The fraction of sp³-hybridized carbons (Fsp3) is 0.250. The van der Waals surface area contributed by atoms with Gasteiger partial charge in [0.15, 0.2) is 17.5 Å². The molecule has 0 amide bonds. The van der Waals surface area contributed by atoms with Gasteiger partial charge in [0.1, 0.15) is 6.10 Å². The second-order valence-corrected chi connectivity index (χ2v) is 4.99. The highest BCUT2D eigenvalue weighted by molar-refractivity contribution is 5.41. The van der Waals surface area contributed by atoms with E-state index in [2.05, 4.69) is 0 Å². The van der Waals surface area contributed by atoms with Crippen LogP contribution >= 0.6 is 0 Å². The number of hydrogen-bond acceptors (Lipinski definition) is 1. The van der Waals surface area contributed by atoms with E-state index in [-0.39, 0.29) is 5.56 Å². The van der Waals surface area contributed by atoms with E-state index in [1.54, 1.807) is 13.0 Å². The lowest BCUT2D eigenvalue weighted by atomic mass is 9.93. The molecule has 0 radical (unpaired) electrons. The summed E-state index contributed by atoms with van der Waals surface area (Å²) in [7, 11) is 0. The first-order valence-corrected chi connectivity index (χ1v) is 6.21. The van der Waals surface area contributed by atoms with Crippen molar-refractivity contribution in [1.29, 1.82) is 0 Å². The van der Waals surface area contributed by atoms with E-state index in [4.69, 9.17) is 0 Å². The van der Waals surface area contributed by atoms with Crippen molar-refractivity contribution in [2.45, 2.75) is 26.9 Å². The van der Waals surface area contributed by atoms with Crippen LogP contribution in [-0.4, -0.2) is 5.11 Å². The van der Waals surface area contributed by atoms with E-state index in [0.717, 1.165) is 28.8 Å². The summed E-state index contributed by atoms with van der Waals surface area (Å²) in [4.78, 5) is 0. The van der Waals surface area contributed by atoms with Crippen LogP contribution in [0.5, 0.6) is 0 Å². The number of aliphatic hydroxyl groups is 1. The van der Waals surface area contributed by atoms with E-state index in [9.17, 15) is 18.3 Å². The second-order valence-electron chi connectivity index (χ2n) is 4.99. The van der Waals surface area contributed by atoms with Gasteiger partial charge < -0.3 is 5.11 Å². The topological polar surface area (TPSA) is 20.2 Å². The molecule has 20 heavy (non-hydrogen) atoms. The smallest absolute Gasteiger partial charge is 0.194 e. The molecule has 4 heteroatoms. The van der Waals surface area contributed by atoms with Crippen LogP contribution in [0.1, 0.15) is 33.9 Å². The van der Waals surface area contributed by atoms with Gasteiger partial charge in [0, 0.05) is 0 Å². The third-order valence-electron chi connectivity index (χ3n) is 3.50. The molecule has 0 aromatic heterocycles. The summed E-state index contributed by atoms with van der Waals surface area (Å²) in [6, 6.07) is 5.30. The van der Waals surface area contributed by atoms with Crippen LogP contribution in [0.2, 0.25) is 0 Å². The van der Waals surface area contributed by atoms with Crippen LogP contribution in [0.4, 0.5) is 13.2 Å². The Bertz CT molecular complexity index is 642. The Morgan fingerprint density at radius 1 is 0.800 bits per heavy atom. The minimum Gasteiger partial charge on any atom is -0.384 e. The summed E-state index contributed by atoms with van der Waals surface area (Å²) in [5.41, 5.74) is 3.39. The molecule has 1 nitrogen and oxygen atoms in total. The van der Waals surface area contributed by atoms with Crippen molar-refractivity contribution < 1.29 is 18.3 Å². The van der Waals surface area contributed by atoms with Gasteiger partial charge in [-0.05, 0) is 60.7 Å². The molecule has 0 bridgehead atoms. The van der Waals surface area contributed by atoms with Crippen LogP contribution in [-0.2, 0) is 0 Å². The number of benzene rings is 2. The quantitative estimate of drug-likeness (QED) is 0.821. The fourth-order valence-electron chi connectivity index (χ4n) is 2.19. The third kappa shape index (κ3) is 2.56. The Morgan fingerprint density at radius 2 is 1.30 bits per heavy atom. The lowest BCUT2D eigenvalue weighted by molar-refractivity contribution is 0.218. The summed E-state index contributed by atoms with van der Waals surface area (Å²) >= 11 is 0. The molecule has 1 atom stereocenters. The van der Waals surface area contributed by atoms with E-state index in [1.165, 1.54) is 0 Å². The van der Waals surface area contributed by atoms with Crippen molar-refractivity contribution >= 4 is 0 Å². The molecule has 0 saturated carbocycles. The van der Waals surface area contributed by atoms with E-state index >= 15 is 0 Å². The maximum atomic E-state index is 13.2. The number of aryl methyl sites for hydroxylation is 3. The third-order valence-corrected chi connectivity index (χ3v) is 3.50. The normalized spacial score (nSPS) is 12.6. The first-order valence-electron chi connectivity index (χ1n) is 6.21. The van der Waals surface area contributed by atoms with Gasteiger partial charge in [-0.2, -0.15) is 0 Å². The lowest BCUT2D eigenvalue weighted by Gasteiger charge is -2.16. The van der Waals surface area contributed by atoms with Gasteiger partial charge in [-0.15, -0.1) is 0 Å². The highest BCUT2D eigenvalue weighted by Crippen LogP contribution is 2.28. The molecule has 1 unspecified atom stereocenters. The zero-order valence-corrected chi connectivity index (χ0v) is 11.5. The number of hydrogen-bond donors (Lipinski definition) is 1. The Morgan fingerprint density at radius 3 is 1.85 bits per heavy atom. The van der Waals surface area contributed by atoms with Gasteiger partial charge in [0.2, 0.25) is 0 Å². The molecular weight excluding hydrogens is 265 g/mol. The zero-order chi connectivity index (χ0) is 15.0. The van der Waals surface area contributed by atoms with Gasteiger partial charge in [-0.1, -0.05) is 12.1 Å². The zero-order valence-electron chi connectivity index (χ0n) is 11.5. The molecule has 0 heterocycles. The van der Waals surface area contributed by atoms with Crippen molar-refractivity contribution in [2.24, 2.45) is 0 Å². The molecule has 2 aromatic carbocycles. The molecule has 1 N–H and O–H groups in total. The Kier molecular flexibility index (Phi) is 3.86. The molecule has 0 spiro atoms. The van der Waals surface area contributed by atoms with Crippen molar-refractivity contribution in [3.8, 4) is 0 Å². The maximum Gasteiger partial charge on any atom is 0.194 e. The van der Waals surface area contributed by atoms with Crippen molar-refractivity contribution in [1.82, 2.24) is 0 Å². The molecule has 0 fully saturated rings. The monoisotopic (exact) mass is 280 g/mol. The van der Waals surface area contributed by atoms with E-state index < -0.39 is 23.6 Å². The van der Waals surface area contributed by atoms with Crippen LogP contribution in [0.15, 0.2) is 24.3 Å². The highest BCUT2D eigenvalue weighted by atomic mass is 19.2. The van der Waals surface area contributed by atoms with Crippen molar-refractivity contribution in [2.75, 3.05) is 0 Å². The fourth-order valence-corrected chi connectivity index (χ4v) is 2.19. The minimum absolute atomic E-state index is 0.00671. The molecule has 0 aliphatic carbocycles. The minimum atomic E-state index is -1.53. The standard InChI is InChI=1S/C16H15F3O/c1-8-4-10(3)12(5-9(8)2)16(20)11-6-13(17)15(19)14(18)7-11/h4-7,16,20H,1-3H3. The molecule has 2 aromatic rings. The first-order chi connectivity index (χ1) is 9.31. The largest absolute Gasteiger partial charge is 0.384 e. The van der Waals surface area contributed by atoms with Crippen LogP contribution in [0.25, 0.3) is 0 Å². The van der Waals surface area contributed by atoms with Gasteiger partial charge >= 0.3 is 0 Å². The van der Waals surface area contributed by atoms with Crippen molar-refractivity contribution in [3.05, 3.63) is 69.5 Å². The van der Waals surface area contributed by atoms with Crippen LogP contribution in [0, 0.1) is 38.2 Å².